The molecule has 7 nitrogen and oxygen atoms in total. The number of primary sulfonamides is 1. The second-order valence-corrected chi connectivity index (χ2v) is 7.71. The van der Waals surface area contributed by atoms with Gasteiger partial charge in [0.2, 0.25) is 10.0 Å². The quantitative estimate of drug-likeness (QED) is 0.727. The highest BCUT2D eigenvalue weighted by molar-refractivity contribution is 7.89. The number of hydrogen-bond donors (Lipinski definition) is 1. The third kappa shape index (κ3) is 4.07. The molecule has 0 aliphatic carbocycles. The number of rotatable bonds is 5. The maximum Gasteiger partial charge on any atom is 0.276 e. The minimum atomic E-state index is -3.75. The van der Waals surface area contributed by atoms with Gasteiger partial charge in [-0.2, -0.15) is 0 Å². The zero-order valence-electron chi connectivity index (χ0n) is 14.9. The fourth-order valence-electron chi connectivity index (χ4n) is 2.63. The highest BCUT2D eigenvalue weighted by Crippen LogP contribution is 2.24. The van der Waals surface area contributed by atoms with Gasteiger partial charge in [-0.3, -0.25) is 4.79 Å². The SMILES string of the molecule is C[C@H](c1ccc(S(N)(=O)=O)cc1)N(C)C(=O)c1cc(-c2ccccc2)on1. The molecule has 3 rings (SSSR count). The summed E-state index contributed by atoms with van der Waals surface area (Å²) in [6, 6.07) is 16.8. The van der Waals surface area contributed by atoms with Crippen molar-refractivity contribution < 1.29 is 17.7 Å². The largest absolute Gasteiger partial charge is 0.355 e. The molecular formula is C19H19N3O4S. The van der Waals surface area contributed by atoms with Crippen LogP contribution in [0.1, 0.15) is 29.0 Å². The van der Waals surface area contributed by atoms with Crippen LogP contribution in [0.5, 0.6) is 0 Å². The molecule has 27 heavy (non-hydrogen) atoms. The fraction of sp³-hybridized carbons (Fsp3) is 0.158. The van der Waals surface area contributed by atoms with Crippen LogP contribution in [0.2, 0.25) is 0 Å². The van der Waals surface area contributed by atoms with Gasteiger partial charge >= 0.3 is 0 Å². The van der Waals surface area contributed by atoms with Crippen LogP contribution in [0.15, 0.2) is 70.1 Å². The Kier molecular flexibility index (Phi) is 5.11. The van der Waals surface area contributed by atoms with Gasteiger partial charge in [-0.1, -0.05) is 47.6 Å². The van der Waals surface area contributed by atoms with E-state index in [-0.39, 0.29) is 22.5 Å². The number of nitrogens with two attached hydrogens (primary N) is 1. The summed E-state index contributed by atoms with van der Waals surface area (Å²) in [5.41, 5.74) is 1.80. The minimum Gasteiger partial charge on any atom is -0.355 e. The molecule has 1 heterocycles. The van der Waals surface area contributed by atoms with E-state index in [0.29, 0.717) is 5.76 Å². The number of benzene rings is 2. The van der Waals surface area contributed by atoms with E-state index in [0.717, 1.165) is 11.1 Å². The summed E-state index contributed by atoms with van der Waals surface area (Å²) >= 11 is 0. The van der Waals surface area contributed by atoms with Gasteiger partial charge in [0, 0.05) is 18.7 Å². The second-order valence-electron chi connectivity index (χ2n) is 6.15. The van der Waals surface area contributed by atoms with Gasteiger partial charge in [0.05, 0.1) is 10.9 Å². The van der Waals surface area contributed by atoms with Crippen molar-refractivity contribution in [2.75, 3.05) is 7.05 Å². The summed E-state index contributed by atoms with van der Waals surface area (Å²) < 4.78 is 28.0. The molecule has 0 saturated heterocycles. The van der Waals surface area contributed by atoms with Crippen molar-refractivity contribution >= 4 is 15.9 Å². The Bertz CT molecular complexity index is 1040. The number of carbonyl (C=O) groups excluding carboxylic acids is 1. The Labute approximate surface area is 157 Å². The normalized spacial score (nSPS) is 12.6. The van der Waals surface area contributed by atoms with Crippen LogP contribution in [0.25, 0.3) is 11.3 Å². The van der Waals surface area contributed by atoms with Crippen LogP contribution >= 0.6 is 0 Å². The molecule has 2 aromatic carbocycles. The molecule has 0 saturated carbocycles. The first-order valence-electron chi connectivity index (χ1n) is 8.19. The second kappa shape index (κ2) is 7.34. The van der Waals surface area contributed by atoms with E-state index in [4.69, 9.17) is 9.66 Å². The van der Waals surface area contributed by atoms with Crippen molar-refractivity contribution in [2.45, 2.75) is 17.9 Å². The van der Waals surface area contributed by atoms with Gasteiger partial charge in [-0.05, 0) is 24.6 Å². The molecule has 0 radical (unpaired) electrons. The highest BCUT2D eigenvalue weighted by atomic mass is 32.2. The van der Waals surface area contributed by atoms with Crippen LogP contribution in [0.3, 0.4) is 0 Å². The predicted octanol–water partition coefficient (Wildman–Crippen LogP) is 2.82. The third-order valence-electron chi connectivity index (χ3n) is 4.38. The molecule has 1 amide bonds. The van der Waals surface area contributed by atoms with Gasteiger partial charge in [-0.25, -0.2) is 13.6 Å². The van der Waals surface area contributed by atoms with Crippen molar-refractivity contribution in [1.82, 2.24) is 10.1 Å². The lowest BCUT2D eigenvalue weighted by Gasteiger charge is -2.24. The molecule has 0 bridgehead atoms. The van der Waals surface area contributed by atoms with Gasteiger partial charge in [0.15, 0.2) is 11.5 Å². The molecule has 0 unspecified atom stereocenters. The maximum absolute atomic E-state index is 12.7. The fourth-order valence-corrected chi connectivity index (χ4v) is 3.15. The third-order valence-corrected chi connectivity index (χ3v) is 5.31. The molecular weight excluding hydrogens is 366 g/mol. The van der Waals surface area contributed by atoms with Gasteiger partial charge < -0.3 is 9.42 Å². The van der Waals surface area contributed by atoms with Crippen molar-refractivity contribution in [3.63, 3.8) is 0 Å². The molecule has 0 spiro atoms. The Hall–Kier alpha value is -2.97. The first-order chi connectivity index (χ1) is 12.8. The van der Waals surface area contributed by atoms with Gasteiger partial charge in [-0.15, -0.1) is 0 Å². The van der Waals surface area contributed by atoms with E-state index in [2.05, 4.69) is 5.16 Å². The van der Waals surface area contributed by atoms with Gasteiger partial charge in [0.25, 0.3) is 5.91 Å². The Morgan fingerprint density at radius 2 is 1.74 bits per heavy atom. The Morgan fingerprint density at radius 3 is 2.33 bits per heavy atom. The topological polar surface area (TPSA) is 106 Å². The van der Waals surface area contributed by atoms with Crippen LogP contribution in [0.4, 0.5) is 0 Å². The van der Waals surface area contributed by atoms with Crippen LogP contribution in [-0.4, -0.2) is 31.4 Å². The Morgan fingerprint density at radius 1 is 1.11 bits per heavy atom. The summed E-state index contributed by atoms with van der Waals surface area (Å²) in [5.74, 6) is 0.210. The van der Waals surface area contributed by atoms with Crippen molar-refractivity contribution in [1.29, 1.82) is 0 Å². The molecule has 0 aliphatic heterocycles. The summed E-state index contributed by atoms with van der Waals surface area (Å²) in [7, 11) is -2.10. The summed E-state index contributed by atoms with van der Waals surface area (Å²) in [4.78, 5) is 14.3. The first kappa shape index (κ1) is 18.8. The van der Waals surface area contributed by atoms with Crippen molar-refractivity contribution in [2.24, 2.45) is 5.14 Å². The molecule has 8 heteroatoms. The lowest BCUT2D eigenvalue weighted by Crippen LogP contribution is -2.29. The number of aromatic nitrogens is 1. The molecule has 1 atom stereocenters. The molecule has 0 fully saturated rings. The summed E-state index contributed by atoms with van der Waals surface area (Å²) in [6.07, 6.45) is 0. The molecule has 0 aliphatic rings. The Balaban J connectivity index is 1.78. The van der Waals surface area contributed by atoms with Crippen LogP contribution in [-0.2, 0) is 10.0 Å². The molecule has 2 N–H and O–H groups in total. The van der Waals surface area contributed by atoms with Crippen molar-refractivity contribution in [3.05, 3.63) is 71.9 Å². The predicted molar refractivity (Wildman–Crippen MR) is 100 cm³/mol. The van der Waals surface area contributed by atoms with E-state index in [1.165, 1.54) is 17.0 Å². The summed E-state index contributed by atoms with van der Waals surface area (Å²) in [5, 5.41) is 8.98. The minimum absolute atomic E-state index is 0.0245. The smallest absolute Gasteiger partial charge is 0.276 e. The lowest BCUT2D eigenvalue weighted by atomic mass is 10.1. The van der Waals surface area contributed by atoms with Crippen LogP contribution in [0, 0.1) is 0 Å². The van der Waals surface area contributed by atoms with E-state index in [1.54, 1.807) is 25.2 Å². The van der Waals surface area contributed by atoms with E-state index in [1.807, 2.05) is 37.3 Å². The number of carbonyl (C=O) groups is 1. The van der Waals surface area contributed by atoms with E-state index >= 15 is 0 Å². The van der Waals surface area contributed by atoms with Crippen molar-refractivity contribution in [3.8, 4) is 11.3 Å². The number of sulfonamides is 1. The molecule has 3 aromatic rings. The highest BCUT2D eigenvalue weighted by Gasteiger charge is 2.23. The number of nitrogens with zero attached hydrogens (tertiary/aromatic N) is 2. The lowest BCUT2D eigenvalue weighted by molar-refractivity contribution is 0.0732. The zero-order chi connectivity index (χ0) is 19.6. The zero-order valence-corrected chi connectivity index (χ0v) is 15.7. The molecule has 140 valence electrons. The van der Waals surface area contributed by atoms with Crippen LogP contribution < -0.4 is 5.14 Å². The first-order valence-corrected chi connectivity index (χ1v) is 9.74. The monoisotopic (exact) mass is 385 g/mol. The molecule has 1 aromatic heterocycles. The average molecular weight is 385 g/mol. The number of hydrogen-bond acceptors (Lipinski definition) is 5. The maximum atomic E-state index is 12.7. The van der Waals surface area contributed by atoms with Gasteiger partial charge in [0.1, 0.15) is 0 Å². The van der Waals surface area contributed by atoms with E-state index < -0.39 is 10.0 Å². The average Bonchev–Trinajstić information content (AvgIpc) is 3.16. The van der Waals surface area contributed by atoms with E-state index in [9.17, 15) is 13.2 Å². The standard InChI is InChI=1S/C19H19N3O4S/c1-13(14-8-10-16(11-9-14)27(20,24)25)22(2)19(23)17-12-18(26-21-17)15-6-4-3-5-7-15/h3-13H,1-2H3,(H2,20,24,25)/t13-/m1/s1. The summed E-state index contributed by atoms with van der Waals surface area (Å²) in [6.45, 7) is 1.84. The number of amides is 1.